The van der Waals surface area contributed by atoms with Gasteiger partial charge in [-0.2, -0.15) is 0 Å². The topological polar surface area (TPSA) is 77.3 Å². The number of aromatic nitrogens is 1. The lowest BCUT2D eigenvalue weighted by Gasteiger charge is -2.12. The van der Waals surface area contributed by atoms with E-state index in [9.17, 15) is 10.1 Å². The summed E-state index contributed by atoms with van der Waals surface area (Å²) in [7, 11) is 1.66. The van der Waals surface area contributed by atoms with Crippen LogP contribution >= 0.6 is 0 Å². The first-order valence-corrected chi connectivity index (χ1v) is 5.39. The molecule has 1 atom stereocenters. The first-order chi connectivity index (χ1) is 8.04. The van der Waals surface area contributed by atoms with Gasteiger partial charge in [-0.25, -0.2) is 4.98 Å². The second-order valence-corrected chi connectivity index (χ2v) is 4.00. The van der Waals surface area contributed by atoms with Crippen molar-refractivity contribution in [2.45, 2.75) is 13.8 Å². The van der Waals surface area contributed by atoms with Crippen LogP contribution in [0.15, 0.2) is 12.1 Å². The van der Waals surface area contributed by atoms with E-state index in [4.69, 9.17) is 4.74 Å². The molecule has 6 nitrogen and oxygen atoms in total. The zero-order chi connectivity index (χ0) is 12.8. The minimum Gasteiger partial charge on any atom is -0.384 e. The highest BCUT2D eigenvalue weighted by atomic mass is 16.6. The molecule has 1 aromatic rings. The number of aryl methyl sites for hydroxylation is 1. The van der Waals surface area contributed by atoms with Gasteiger partial charge >= 0.3 is 0 Å². The highest BCUT2D eigenvalue weighted by Gasteiger charge is 2.11. The molecule has 0 fully saturated rings. The van der Waals surface area contributed by atoms with E-state index in [-0.39, 0.29) is 5.69 Å². The predicted molar refractivity (Wildman–Crippen MR) is 65.2 cm³/mol. The lowest BCUT2D eigenvalue weighted by molar-refractivity contribution is -0.385. The molecule has 17 heavy (non-hydrogen) atoms. The van der Waals surface area contributed by atoms with Crippen molar-refractivity contribution in [3.63, 3.8) is 0 Å². The Kier molecular flexibility index (Phi) is 4.84. The maximum Gasteiger partial charge on any atom is 0.290 e. The standard InChI is InChI=1S/C11H17N3O3/c1-8(7-17-3)6-12-11-5-4-10(14(15)16)9(2)13-11/h4-5,8H,6-7H2,1-3H3,(H,12,13). The Balaban J connectivity index is 2.62. The Morgan fingerprint density at radius 1 is 1.59 bits per heavy atom. The molecule has 1 heterocycles. The zero-order valence-corrected chi connectivity index (χ0v) is 10.3. The predicted octanol–water partition coefficient (Wildman–Crippen LogP) is 1.99. The molecule has 1 unspecified atom stereocenters. The van der Waals surface area contributed by atoms with Crippen LogP contribution in [0, 0.1) is 23.0 Å². The van der Waals surface area contributed by atoms with Crippen molar-refractivity contribution < 1.29 is 9.66 Å². The minimum absolute atomic E-state index is 0.0421. The molecule has 0 spiro atoms. The molecule has 0 aromatic carbocycles. The molecular weight excluding hydrogens is 222 g/mol. The summed E-state index contributed by atoms with van der Waals surface area (Å²) in [5.41, 5.74) is 0.458. The Bertz CT molecular complexity index is 396. The summed E-state index contributed by atoms with van der Waals surface area (Å²) in [6.45, 7) is 5.06. The molecule has 6 heteroatoms. The molecule has 1 N–H and O–H groups in total. The van der Waals surface area contributed by atoms with Crippen molar-refractivity contribution in [1.82, 2.24) is 4.98 Å². The number of rotatable bonds is 6. The van der Waals surface area contributed by atoms with E-state index in [1.165, 1.54) is 6.07 Å². The van der Waals surface area contributed by atoms with Crippen LogP contribution < -0.4 is 5.32 Å². The fraction of sp³-hybridized carbons (Fsp3) is 0.545. The van der Waals surface area contributed by atoms with Crippen molar-refractivity contribution in [3.05, 3.63) is 27.9 Å². The number of methoxy groups -OCH3 is 1. The summed E-state index contributed by atoms with van der Waals surface area (Å²) < 4.78 is 5.02. The van der Waals surface area contributed by atoms with Crippen molar-refractivity contribution >= 4 is 11.5 Å². The number of nitro groups is 1. The average Bonchev–Trinajstić information content (AvgIpc) is 2.26. The molecular formula is C11H17N3O3. The minimum atomic E-state index is -0.431. The Hall–Kier alpha value is -1.69. The van der Waals surface area contributed by atoms with Gasteiger partial charge in [0.05, 0.1) is 11.5 Å². The van der Waals surface area contributed by atoms with Gasteiger partial charge in [0.1, 0.15) is 11.5 Å². The number of nitrogens with one attached hydrogen (secondary N) is 1. The van der Waals surface area contributed by atoms with E-state index in [0.29, 0.717) is 24.0 Å². The van der Waals surface area contributed by atoms with Gasteiger partial charge in [-0.05, 0) is 18.9 Å². The van der Waals surface area contributed by atoms with Crippen molar-refractivity contribution in [2.24, 2.45) is 5.92 Å². The lowest BCUT2D eigenvalue weighted by atomic mass is 10.2. The highest BCUT2D eigenvalue weighted by molar-refractivity contribution is 5.44. The van der Waals surface area contributed by atoms with Gasteiger partial charge < -0.3 is 10.1 Å². The van der Waals surface area contributed by atoms with Crippen molar-refractivity contribution in [1.29, 1.82) is 0 Å². The maximum absolute atomic E-state index is 10.6. The van der Waals surface area contributed by atoms with Crippen molar-refractivity contribution in [3.8, 4) is 0 Å². The Morgan fingerprint density at radius 3 is 2.82 bits per heavy atom. The van der Waals surface area contributed by atoms with E-state index in [1.54, 1.807) is 20.1 Å². The van der Waals surface area contributed by atoms with E-state index >= 15 is 0 Å². The van der Waals surface area contributed by atoms with Crippen LogP contribution in [0.1, 0.15) is 12.6 Å². The van der Waals surface area contributed by atoms with Crippen LogP contribution in [-0.2, 0) is 4.74 Å². The van der Waals surface area contributed by atoms with Crippen LogP contribution in [0.3, 0.4) is 0 Å². The number of ether oxygens (including phenoxy) is 1. The molecule has 0 aliphatic rings. The van der Waals surface area contributed by atoms with Gasteiger partial charge in [-0.1, -0.05) is 6.92 Å². The highest BCUT2D eigenvalue weighted by Crippen LogP contribution is 2.17. The third-order valence-electron chi connectivity index (χ3n) is 2.34. The second kappa shape index (κ2) is 6.15. The number of hydrogen-bond acceptors (Lipinski definition) is 5. The van der Waals surface area contributed by atoms with E-state index < -0.39 is 4.92 Å². The smallest absolute Gasteiger partial charge is 0.290 e. The van der Waals surface area contributed by atoms with Gasteiger partial charge in [-0.15, -0.1) is 0 Å². The number of anilines is 1. The summed E-state index contributed by atoms with van der Waals surface area (Å²) in [5.74, 6) is 1.01. The SMILES string of the molecule is COCC(C)CNc1ccc([N+](=O)[O-])c(C)n1. The molecule has 0 aliphatic carbocycles. The Morgan fingerprint density at radius 2 is 2.29 bits per heavy atom. The number of pyridine rings is 1. The molecule has 0 amide bonds. The zero-order valence-electron chi connectivity index (χ0n) is 10.3. The van der Waals surface area contributed by atoms with E-state index in [1.807, 2.05) is 0 Å². The molecule has 0 radical (unpaired) electrons. The van der Waals surface area contributed by atoms with Gasteiger partial charge in [-0.3, -0.25) is 10.1 Å². The molecule has 0 bridgehead atoms. The number of nitrogens with zero attached hydrogens (tertiary/aromatic N) is 2. The van der Waals surface area contributed by atoms with Gasteiger partial charge in [0.15, 0.2) is 0 Å². The molecule has 1 rings (SSSR count). The lowest BCUT2D eigenvalue weighted by Crippen LogP contribution is -2.16. The first kappa shape index (κ1) is 13.4. The quantitative estimate of drug-likeness (QED) is 0.606. The second-order valence-electron chi connectivity index (χ2n) is 4.00. The van der Waals surface area contributed by atoms with E-state index in [2.05, 4.69) is 17.2 Å². The summed E-state index contributed by atoms with van der Waals surface area (Å²) in [6, 6.07) is 3.08. The largest absolute Gasteiger partial charge is 0.384 e. The molecule has 0 saturated heterocycles. The van der Waals surface area contributed by atoms with Crippen molar-refractivity contribution in [2.75, 3.05) is 25.6 Å². The van der Waals surface area contributed by atoms with Gasteiger partial charge in [0.25, 0.3) is 5.69 Å². The molecule has 94 valence electrons. The van der Waals surface area contributed by atoms with Gasteiger partial charge in [0.2, 0.25) is 0 Å². The van der Waals surface area contributed by atoms with Crippen LogP contribution in [0.25, 0.3) is 0 Å². The Labute approximate surface area is 100 Å². The molecule has 1 aromatic heterocycles. The average molecular weight is 239 g/mol. The fourth-order valence-electron chi connectivity index (χ4n) is 1.47. The summed E-state index contributed by atoms with van der Waals surface area (Å²) in [5, 5.41) is 13.7. The summed E-state index contributed by atoms with van der Waals surface area (Å²) >= 11 is 0. The maximum atomic E-state index is 10.6. The third kappa shape index (κ3) is 3.99. The van der Waals surface area contributed by atoms with Gasteiger partial charge in [0, 0.05) is 19.7 Å². The summed E-state index contributed by atoms with van der Waals surface area (Å²) in [6.07, 6.45) is 0. The molecule has 0 saturated carbocycles. The van der Waals surface area contributed by atoms with Crippen LogP contribution in [-0.4, -0.2) is 30.2 Å². The van der Waals surface area contributed by atoms with E-state index in [0.717, 1.165) is 6.54 Å². The van der Waals surface area contributed by atoms with Crippen LogP contribution in [0.5, 0.6) is 0 Å². The fourth-order valence-corrected chi connectivity index (χ4v) is 1.47. The monoisotopic (exact) mass is 239 g/mol. The van der Waals surface area contributed by atoms with Crippen LogP contribution in [0.4, 0.5) is 11.5 Å². The van der Waals surface area contributed by atoms with Crippen LogP contribution in [0.2, 0.25) is 0 Å². The summed E-state index contributed by atoms with van der Waals surface area (Å²) in [4.78, 5) is 14.3. The normalized spacial score (nSPS) is 12.2. The first-order valence-electron chi connectivity index (χ1n) is 5.39. The number of hydrogen-bond donors (Lipinski definition) is 1. The molecule has 0 aliphatic heterocycles. The third-order valence-corrected chi connectivity index (χ3v) is 2.34.